The lowest BCUT2D eigenvalue weighted by molar-refractivity contribution is -0.0835. The zero-order valence-corrected chi connectivity index (χ0v) is 13.2. The number of nitrogens with one attached hydrogen (secondary N) is 1. The normalized spacial score (nSPS) is 18.3. The van der Waals surface area contributed by atoms with Gasteiger partial charge in [-0.2, -0.15) is 0 Å². The van der Waals surface area contributed by atoms with Crippen LogP contribution in [-0.4, -0.2) is 35.2 Å². The Kier molecular flexibility index (Phi) is 7.18. The van der Waals surface area contributed by atoms with Crippen molar-refractivity contribution in [3.8, 4) is 0 Å². The highest BCUT2D eigenvalue weighted by molar-refractivity contribution is 5.67. The van der Waals surface area contributed by atoms with Gasteiger partial charge in [-0.15, -0.1) is 6.58 Å². The van der Waals surface area contributed by atoms with E-state index in [1.807, 2.05) is 13.8 Å². The van der Waals surface area contributed by atoms with Crippen molar-refractivity contribution in [1.82, 2.24) is 5.32 Å². The first-order valence-electron chi connectivity index (χ1n) is 7.76. The van der Waals surface area contributed by atoms with E-state index in [0.717, 1.165) is 32.1 Å². The van der Waals surface area contributed by atoms with Crippen molar-refractivity contribution in [1.29, 1.82) is 0 Å². The maximum atomic E-state index is 11.9. The van der Waals surface area contributed by atoms with Crippen LogP contribution in [0.1, 0.15) is 52.4 Å². The molecule has 0 aliphatic heterocycles. The van der Waals surface area contributed by atoms with Crippen LogP contribution in [0, 0.1) is 11.3 Å². The zero-order chi connectivity index (χ0) is 15.9. The molecule has 0 heterocycles. The molecule has 1 rings (SSSR count). The van der Waals surface area contributed by atoms with E-state index in [4.69, 9.17) is 4.74 Å². The van der Waals surface area contributed by atoms with Crippen LogP contribution >= 0.6 is 0 Å². The summed E-state index contributed by atoms with van der Waals surface area (Å²) in [7, 11) is 0. The number of aliphatic hydroxyl groups is 2. The Hall–Kier alpha value is -1.07. The Labute approximate surface area is 127 Å². The minimum absolute atomic E-state index is 0.104. The predicted molar refractivity (Wildman–Crippen MR) is 81.7 cm³/mol. The van der Waals surface area contributed by atoms with Crippen molar-refractivity contribution < 1.29 is 19.7 Å². The molecule has 0 aromatic rings. The summed E-state index contributed by atoms with van der Waals surface area (Å²) in [6.45, 7) is 7.93. The summed E-state index contributed by atoms with van der Waals surface area (Å²) in [6.07, 6.45) is 5.52. The van der Waals surface area contributed by atoms with Crippen LogP contribution in [0.25, 0.3) is 0 Å². The molecule has 0 radical (unpaired) electrons. The van der Waals surface area contributed by atoms with Crippen LogP contribution < -0.4 is 5.32 Å². The quantitative estimate of drug-likeness (QED) is 0.499. The van der Waals surface area contributed by atoms with Crippen LogP contribution in [0.5, 0.6) is 0 Å². The third kappa shape index (κ3) is 6.48. The molecule has 0 bridgehead atoms. The van der Waals surface area contributed by atoms with E-state index in [9.17, 15) is 15.0 Å². The molecule has 1 atom stereocenters. The van der Waals surface area contributed by atoms with Crippen molar-refractivity contribution >= 4 is 6.09 Å². The van der Waals surface area contributed by atoms with Crippen molar-refractivity contribution in [3.63, 3.8) is 0 Å². The van der Waals surface area contributed by atoms with Crippen LogP contribution in [0.3, 0.4) is 0 Å². The van der Waals surface area contributed by atoms with Crippen LogP contribution in [-0.2, 0) is 4.74 Å². The van der Waals surface area contributed by atoms with Gasteiger partial charge in [-0.25, -0.2) is 4.79 Å². The highest BCUT2D eigenvalue weighted by Crippen LogP contribution is 2.27. The van der Waals surface area contributed by atoms with Crippen LogP contribution in [0.2, 0.25) is 0 Å². The van der Waals surface area contributed by atoms with E-state index in [0.29, 0.717) is 0 Å². The van der Waals surface area contributed by atoms with E-state index < -0.39 is 18.4 Å². The van der Waals surface area contributed by atoms with Gasteiger partial charge in [0.1, 0.15) is 0 Å². The van der Waals surface area contributed by atoms with Crippen LogP contribution in [0.4, 0.5) is 4.79 Å². The van der Waals surface area contributed by atoms with E-state index in [1.165, 1.54) is 6.42 Å². The van der Waals surface area contributed by atoms with E-state index in [2.05, 4.69) is 11.9 Å². The van der Waals surface area contributed by atoms with Gasteiger partial charge in [0.25, 0.3) is 0 Å². The number of carbonyl (C=O) groups is 1. The average Bonchev–Trinajstić information content (AvgIpc) is 2.43. The van der Waals surface area contributed by atoms with Crippen molar-refractivity contribution in [2.45, 2.75) is 64.7 Å². The Bertz CT molecular complexity index is 335. The van der Waals surface area contributed by atoms with E-state index in [1.54, 1.807) is 6.08 Å². The molecule has 0 unspecified atom stereocenters. The third-order valence-corrected chi connectivity index (χ3v) is 4.05. The summed E-state index contributed by atoms with van der Waals surface area (Å²) in [5.41, 5.74) is -0.169. The molecule has 1 fully saturated rings. The van der Waals surface area contributed by atoms with Gasteiger partial charge >= 0.3 is 6.09 Å². The molecular formula is C16H29NO4. The second kappa shape index (κ2) is 8.39. The summed E-state index contributed by atoms with van der Waals surface area (Å²) in [6, 6.07) is -0.652. The summed E-state index contributed by atoms with van der Waals surface area (Å²) < 4.78 is 5.21. The number of aliphatic hydroxyl groups excluding tert-OH is 1. The fraction of sp³-hybridized carbons (Fsp3) is 0.812. The number of amides is 1. The number of allylic oxidation sites excluding steroid dienone is 1. The van der Waals surface area contributed by atoms with Gasteiger partial charge < -0.3 is 20.3 Å². The topological polar surface area (TPSA) is 78.8 Å². The van der Waals surface area contributed by atoms with Gasteiger partial charge in [-0.3, -0.25) is 0 Å². The number of hydrogen-bond acceptors (Lipinski definition) is 4. The first kappa shape index (κ1) is 18.0. The van der Waals surface area contributed by atoms with Crippen molar-refractivity contribution in [2.75, 3.05) is 6.61 Å². The third-order valence-electron chi connectivity index (χ3n) is 4.05. The Balaban J connectivity index is 2.47. The minimum atomic E-state index is -1.55. The molecule has 1 saturated carbocycles. The molecule has 3 N–H and O–H groups in total. The standard InChI is InChI=1S/C16H29NO4/c1-4-10-16(2,3)11-21-15(20)17-13(14(18)19)12-8-6-5-7-9-12/h4,12-14,18-19H,1,5-11H2,2-3H3,(H,17,20)/t13-/m0/s1. The monoisotopic (exact) mass is 299 g/mol. The fourth-order valence-electron chi connectivity index (χ4n) is 2.82. The van der Waals surface area contributed by atoms with Gasteiger partial charge in [0.2, 0.25) is 0 Å². The van der Waals surface area contributed by atoms with Gasteiger partial charge in [0.05, 0.1) is 12.6 Å². The molecule has 1 amide bonds. The van der Waals surface area contributed by atoms with Gasteiger partial charge in [0.15, 0.2) is 6.29 Å². The summed E-state index contributed by atoms with van der Waals surface area (Å²) >= 11 is 0. The number of alkyl carbamates (subject to hydrolysis) is 1. The number of carbonyl (C=O) groups excluding carboxylic acids is 1. The Morgan fingerprint density at radius 1 is 1.38 bits per heavy atom. The minimum Gasteiger partial charge on any atom is -0.449 e. The molecule has 0 aromatic carbocycles. The lowest BCUT2D eigenvalue weighted by Gasteiger charge is -2.32. The zero-order valence-electron chi connectivity index (χ0n) is 13.2. The second-order valence-electron chi connectivity index (χ2n) is 6.71. The summed E-state index contributed by atoms with van der Waals surface area (Å²) in [5.74, 6) is 0.104. The van der Waals surface area contributed by atoms with Crippen LogP contribution in [0.15, 0.2) is 12.7 Å². The number of hydrogen-bond donors (Lipinski definition) is 3. The Morgan fingerprint density at radius 2 is 2.00 bits per heavy atom. The SMILES string of the molecule is C=CCC(C)(C)COC(=O)N[C@H](C(O)O)C1CCCCC1. The number of ether oxygens (including phenoxy) is 1. The largest absolute Gasteiger partial charge is 0.449 e. The lowest BCUT2D eigenvalue weighted by Crippen LogP contribution is -2.49. The molecule has 1 aliphatic carbocycles. The van der Waals surface area contributed by atoms with Crippen molar-refractivity contribution in [3.05, 3.63) is 12.7 Å². The molecule has 5 heteroatoms. The van der Waals surface area contributed by atoms with Crippen molar-refractivity contribution in [2.24, 2.45) is 11.3 Å². The van der Waals surface area contributed by atoms with E-state index in [-0.39, 0.29) is 17.9 Å². The average molecular weight is 299 g/mol. The molecule has 0 aromatic heterocycles. The fourth-order valence-corrected chi connectivity index (χ4v) is 2.82. The highest BCUT2D eigenvalue weighted by atomic mass is 16.6. The predicted octanol–water partition coefficient (Wildman–Crippen LogP) is 2.57. The maximum Gasteiger partial charge on any atom is 0.407 e. The first-order chi connectivity index (χ1) is 9.85. The molecular weight excluding hydrogens is 270 g/mol. The van der Waals surface area contributed by atoms with Gasteiger partial charge in [0, 0.05) is 5.41 Å². The lowest BCUT2D eigenvalue weighted by atomic mass is 9.83. The molecule has 0 spiro atoms. The van der Waals surface area contributed by atoms with Gasteiger partial charge in [-0.1, -0.05) is 39.2 Å². The van der Waals surface area contributed by atoms with E-state index >= 15 is 0 Å². The summed E-state index contributed by atoms with van der Waals surface area (Å²) in [4.78, 5) is 11.9. The van der Waals surface area contributed by atoms with Gasteiger partial charge in [-0.05, 0) is 25.2 Å². The maximum absolute atomic E-state index is 11.9. The molecule has 1 aliphatic rings. The first-order valence-corrected chi connectivity index (χ1v) is 7.76. The molecule has 5 nitrogen and oxygen atoms in total. The highest BCUT2D eigenvalue weighted by Gasteiger charge is 2.30. The smallest absolute Gasteiger partial charge is 0.407 e. The second-order valence-corrected chi connectivity index (χ2v) is 6.71. The molecule has 0 saturated heterocycles. The molecule has 122 valence electrons. The number of rotatable bonds is 7. The Morgan fingerprint density at radius 3 is 2.52 bits per heavy atom. The molecule has 21 heavy (non-hydrogen) atoms. The summed E-state index contributed by atoms with van der Waals surface area (Å²) in [5, 5.41) is 21.6.